The highest BCUT2D eigenvalue weighted by Crippen LogP contribution is 2.03. The number of thiocarbonyl (C=S) groups is 1. The third-order valence-electron chi connectivity index (χ3n) is 1.74. The number of primary amides is 1. The second-order valence-corrected chi connectivity index (χ2v) is 3.45. The minimum absolute atomic E-state index is 0.436. The maximum Gasteiger partial charge on any atom is 0.312 e. The van der Waals surface area contributed by atoms with Gasteiger partial charge in [-0.05, 0) is 24.4 Å². The number of rotatable bonds is 4. The summed E-state index contributed by atoms with van der Waals surface area (Å²) in [5, 5.41) is 8.91. The van der Waals surface area contributed by atoms with Crippen LogP contribution in [0.25, 0.3) is 0 Å². The molecule has 0 aliphatic rings. The normalized spacial score (nSPS) is 9.25. The van der Waals surface area contributed by atoms with E-state index in [1.165, 1.54) is 0 Å². The van der Waals surface area contributed by atoms with E-state index in [0.29, 0.717) is 18.2 Å². The van der Waals surface area contributed by atoms with Gasteiger partial charge in [0, 0.05) is 18.8 Å². The van der Waals surface area contributed by atoms with Crippen molar-refractivity contribution >= 4 is 29.0 Å². The second kappa shape index (κ2) is 6.62. The monoisotopic (exact) mass is 238 g/mol. The Morgan fingerprint density at radius 3 is 2.44 bits per heavy atom. The van der Waals surface area contributed by atoms with Crippen LogP contribution in [0.1, 0.15) is 0 Å². The van der Waals surface area contributed by atoms with E-state index in [1.54, 1.807) is 0 Å². The van der Waals surface area contributed by atoms with E-state index in [2.05, 4.69) is 16.0 Å². The Morgan fingerprint density at radius 1 is 1.19 bits per heavy atom. The third-order valence-corrected chi connectivity index (χ3v) is 1.99. The van der Waals surface area contributed by atoms with Crippen LogP contribution in [0.4, 0.5) is 10.5 Å². The van der Waals surface area contributed by atoms with Crippen molar-refractivity contribution in [2.45, 2.75) is 0 Å². The molecule has 0 fully saturated rings. The molecule has 1 aromatic carbocycles. The molecule has 0 aromatic heterocycles. The molecular formula is C10H14N4OS. The average Bonchev–Trinajstić information content (AvgIpc) is 2.25. The number of nitrogens with one attached hydrogen (secondary N) is 3. The van der Waals surface area contributed by atoms with Crippen molar-refractivity contribution in [2.24, 2.45) is 5.73 Å². The molecule has 5 N–H and O–H groups in total. The first-order valence-corrected chi connectivity index (χ1v) is 5.22. The van der Waals surface area contributed by atoms with E-state index >= 15 is 0 Å². The molecule has 86 valence electrons. The zero-order valence-electron chi connectivity index (χ0n) is 8.69. The maximum atomic E-state index is 10.4. The first-order chi connectivity index (χ1) is 7.68. The Bertz CT molecular complexity index is 355. The van der Waals surface area contributed by atoms with Crippen LogP contribution < -0.4 is 21.7 Å². The van der Waals surface area contributed by atoms with E-state index in [9.17, 15) is 4.79 Å². The Labute approximate surface area is 99.4 Å². The van der Waals surface area contributed by atoms with Gasteiger partial charge in [0.05, 0.1) is 0 Å². The fraction of sp³-hybridized carbons (Fsp3) is 0.200. The first-order valence-electron chi connectivity index (χ1n) is 4.81. The summed E-state index contributed by atoms with van der Waals surface area (Å²) in [5.74, 6) is 0. The lowest BCUT2D eigenvalue weighted by Crippen LogP contribution is -2.38. The largest absolute Gasteiger partial charge is 0.361 e. The van der Waals surface area contributed by atoms with Gasteiger partial charge < -0.3 is 21.7 Å². The summed E-state index contributed by atoms with van der Waals surface area (Å²) in [4.78, 5) is 10.4. The SMILES string of the molecule is NC(=O)NCCNC(=S)Nc1ccccc1. The molecular weight excluding hydrogens is 224 g/mol. The highest BCUT2D eigenvalue weighted by atomic mass is 32.1. The Balaban J connectivity index is 2.19. The molecule has 0 radical (unpaired) electrons. The molecule has 5 nitrogen and oxygen atoms in total. The van der Waals surface area contributed by atoms with E-state index in [4.69, 9.17) is 18.0 Å². The quantitative estimate of drug-likeness (QED) is 0.458. The van der Waals surface area contributed by atoms with Crippen LogP contribution in [0.5, 0.6) is 0 Å². The van der Waals surface area contributed by atoms with Crippen molar-refractivity contribution in [1.29, 1.82) is 0 Å². The van der Waals surface area contributed by atoms with Gasteiger partial charge in [-0.3, -0.25) is 0 Å². The number of carbonyl (C=O) groups excluding carboxylic acids is 1. The molecule has 0 aliphatic carbocycles. The van der Waals surface area contributed by atoms with Crippen molar-refractivity contribution in [3.63, 3.8) is 0 Å². The number of hydrogen-bond donors (Lipinski definition) is 4. The van der Waals surface area contributed by atoms with Crippen LogP contribution in [0.3, 0.4) is 0 Å². The van der Waals surface area contributed by atoms with E-state index in [-0.39, 0.29) is 0 Å². The van der Waals surface area contributed by atoms with Gasteiger partial charge in [-0.1, -0.05) is 18.2 Å². The minimum Gasteiger partial charge on any atom is -0.361 e. The minimum atomic E-state index is -0.538. The Kier molecular flexibility index (Phi) is 5.07. The molecule has 0 saturated heterocycles. The van der Waals surface area contributed by atoms with Gasteiger partial charge in [0.2, 0.25) is 0 Å². The molecule has 6 heteroatoms. The van der Waals surface area contributed by atoms with Gasteiger partial charge in [0.1, 0.15) is 0 Å². The summed E-state index contributed by atoms with van der Waals surface area (Å²) < 4.78 is 0. The number of hydrogen-bond acceptors (Lipinski definition) is 2. The molecule has 16 heavy (non-hydrogen) atoms. The molecule has 0 atom stereocenters. The first kappa shape index (κ1) is 12.3. The molecule has 0 bridgehead atoms. The predicted molar refractivity (Wildman–Crippen MR) is 68.3 cm³/mol. The lowest BCUT2D eigenvalue weighted by atomic mass is 10.3. The molecule has 1 rings (SSSR count). The molecule has 0 aliphatic heterocycles. The highest BCUT2D eigenvalue weighted by Gasteiger charge is 1.96. The van der Waals surface area contributed by atoms with Crippen LogP contribution in [0.2, 0.25) is 0 Å². The number of anilines is 1. The predicted octanol–water partition coefficient (Wildman–Crippen LogP) is 0.641. The molecule has 1 aromatic rings. The van der Waals surface area contributed by atoms with Gasteiger partial charge in [-0.15, -0.1) is 0 Å². The summed E-state index contributed by atoms with van der Waals surface area (Å²) in [6, 6.07) is 9.05. The van der Waals surface area contributed by atoms with Gasteiger partial charge in [0.25, 0.3) is 0 Å². The molecule has 0 heterocycles. The maximum absolute atomic E-state index is 10.4. The summed E-state index contributed by atoms with van der Waals surface area (Å²) in [7, 11) is 0. The standard InChI is InChI=1S/C10H14N4OS/c11-9(15)12-6-7-13-10(16)14-8-4-2-1-3-5-8/h1-5H,6-7H2,(H3,11,12,15)(H2,13,14,16). The zero-order chi connectivity index (χ0) is 11.8. The smallest absolute Gasteiger partial charge is 0.312 e. The van der Waals surface area contributed by atoms with Crippen molar-refractivity contribution in [1.82, 2.24) is 10.6 Å². The number of amides is 2. The van der Waals surface area contributed by atoms with E-state index < -0.39 is 6.03 Å². The number of para-hydroxylation sites is 1. The van der Waals surface area contributed by atoms with Crippen LogP contribution in [0.15, 0.2) is 30.3 Å². The van der Waals surface area contributed by atoms with Gasteiger partial charge in [-0.2, -0.15) is 0 Å². The van der Waals surface area contributed by atoms with Crippen LogP contribution >= 0.6 is 12.2 Å². The topological polar surface area (TPSA) is 79.2 Å². The van der Waals surface area contributed by atoms with Crippen molar-refractivity contribution < 1.29 is 4.79 Å². The molecule has 0 spiro atoms. The van der Waals surface area contributed by atoms with Gasteiger partial charge in [-0.25, -0.2) is 4.79 Å². The number of benzene rings is 1. The second-order valence-electron chi connectivity index (χ2n) is 3.04. The molecule has 0 saturated carbocycles. The van der Waals surface area contributed by atoms with Crippen LogP contribution in [-0.2, 0) is 0 Å². The van der Waals surface area contributed by atoms with Crippen molar-refractivity contribution in [3.05, 3.63) is 30.3 Å². The van der Waals surface area contributed by atoms with Gasteiger partial charge >= 0.3 is 6.03 Å². The highest BCUT2D eigenvalue weighted by molar-refractivity contribution is 7.80. The third kappa shape index (κ3) is 5.16. The summed E-state index contributed by atoms with van der Waals surface area (Å²) in [6.45, 7) is 0.966. The summed E-state index contributed by atoms with van der Waals surface area (Å²) in [5.41, 5.74) is 5.83. The average molecular weight is 238 g/mol. The fourth-order valence-corrected chi connectivity index (χ4v) is 1.28. The van der Waals surface area contributed by atoms with Gasteiger partial charge in [0.15, 0.2) is 5.11 Å². The Hall–Kier alpha value is -1.82. The molecule has 2 amide bonds. The fourth-order valence-electron chi connectivity index (χ4n) is 1.06. The molecule has 0 unspecified atom stereocenters. The number of urea groups is 1. The number of carbonyl (C=O) groups is 1. The Morgan fingerprint density at radius 2 is 1.81 bits per heavy atom. The lowest BCUT2D eigenvalue weighted by molar-refractivity contribution is 0.249. The van der Waals surface area contributed by atoms with Crippen molar-refractivity contribution in [2.75, 3.05) is 18.4 Å². The zero-order valence-corrected chi connectivity index (χ0v) is 9.51. The number of nitrogens with two attached hydrogens (primary N) is 1. The van der Waals surface area contributed by atoms with E-state index in [1.807, 2.05) is 30.3 Å². The van der Waals surface area contributed by atoms with Crippen LogP contribution in [-0.4, -0.2) is 24.2 Å². The van der Waals surface area contributed by atoms with Crippen LogP contribution in [0, 0.1) is 0 Å². The van der Waals surface area contributed by atoms with Crippen molar-refractivity contribution in [3.8, 4) is 0 Å². The summed E-state index contributed by atoms with van der Waals surface area (Å²) >= 11 is 5.05. The lowest BCUT2D eigenvalue weighted by Gasteiger charge is -2.10. The summed E-state index contributed by atoms with van der Waals surface area (Å²) in [6.07, 6.45) is 0. The van der Waals surface area contributed by atoms with E-state index in [0.717, 1.165) is 5.69 Å².